The Morgan fingerprint density at radius 3 is 2.84 bits per heavy atom. The molecule has 19 heavy (non-hydrogen) atoms. The second-order valence-corrected chi connectivity index (χ2v) is 4.53. The fraction of sp³-hybridized carbons (Fsp3) is 0.400. The molecule has 0 bridgehead atoms. The Kier molecular flexibility index (Phi) is 4.58. The van der Waals surface area contributed by atoms with Gasteiger partial charge in [-0.25, -0.2) is 0 Å². The number of nitrogens with zero attached hydrogens (tertiary/aromatic N) is 2. The van der Waals surface area contributed by atoms with Gasteiger partial charge in [0.1, 0.15) is 12.4 Å². The van der Waals surface area contributed by atoms with Crippen LogP contribution in [0.3, 0.4) is 0 Å². The molecule has 0 aliphatic carbocycles. The van der Waals surface area contributed by atoms with Crippen LogP contribution in [0.5, 0.6) is 5.75 Å². The third-order valence-electron chi connectivity index (χ3n) is 3.05. The zero-order chi connectivity index (χ0) is 13.7. The highest BCUT2D eigenvalue weighted by molar-refractivity contribution is 5.33. The van der Waals surface area contributed by atoms with E-state index in [9.17, 15) is 0 Å². The minimum Gasteiger partial charge on any atom is -0.487 e. The lowest BCUT2D eigenvalue weighted by Gasteiger charge is -2.11. The van der Waals surface area contributed by atoms with Crippen LogP contribution in [0.1, 0.15) is 23.9 Å². The van der Waals surface area contributed by atoms with E-state index in [0.717, 1.165) is 35.7 Å². The van der Waals surface area contributed by atoms with Crippen molar-refractivity contribution in [2.45, 2.75) is 33.4 Å². The summed E-state index contributed by atoms with van der Waals surface area (Å²) in [5.74, 6) is 0.912. The van der Waals surface area contributed by atoms with Crippen molar-refractivity contribution in [1.82, 2.24) is 9.78 Å². The molecule has 102 valence electrons. The number of benzene rings is 1. The average Bonchev–Trinajstić information content (AvgIpc) is 2.78. The van der Waals surface area contributed by atoms with Gasteiger partial charge in [0, 0.05) is 6.54 Å². The summed E-state index contributed by atoms with van der Waals surface area (Å²) in [6.07, 6.45) is 0.836. The van der Waals surface area contributed by atoms with Gasteiger partial charge in [0.25, 0.3) is 0 Å². The molecule has 4 nitrogen and oxygen atoms in total. The number of hydrogen-bond acceptors (Lipinski definition) is 3. The number of rotatable bonds is 6. The highest BCUT2D eigenvalue weighted by Crippen LogP contribution is 2.19. The van der Waals surface area contributed by atoms with Gasteiger partial charge in [0.2, 0.25) is 0 Å². The zero-order valence-corrected chi connectivity index (χ0v) is 11.6. The van der Waals surface area contributed by atoms with E-state index in [2.05, 4.69) is 24.2 Å². The van der Waals surface area contributed by atoms with Crippen molar-refractivity contribution in [3.8, 4) is 5.75 Å². The summed E-state index contributed by atoms with van der Waals surface area (Å²) in [6.45, 7) is 6.11. The molecule has 0 radical (unpaired) electrons. The van der Waals surface area contributed by atoms with Crippen LogP contribution in [0.25, 0.3) is 0 Å². The van der Waals surface area contributed by atoms with Crippen LogP contribution in [0, 0.1) is 6.92 Å². The van der Waals surface area contributed by atoms with E-state index in [0.29, 0.717) is 13.2 Å². The van der Waals surface area contributed by atoms with Crippen molar-refractivity contribution >= 4 is 0 Å². The predicted molar refractivity (Wildman–Crippen MR) is 76.2 cm³/mol. The Labute approximate surface area is 114 Å². The third kappa shape index (κ3) is 3.35. The summed E-state index contributed by atoms with van der Waals surface area (Å²) in [7, 11) is 0. The van der Waals surface area contributed by atoms with Gasteiger partial charge >= 0.3 is 0 Å². The van der Waals surface area contributed by atoms with E-state index in [1.165, 1.54) is 0 Å². The van der Waals surface area contributed by atoms with Crippen LogP contribution < -0.4 is 10.5 Å². The number of ether oxygens (including phenoxy) is 1. The SMILES string of the molecule is CCn1nc(C)cc1COc1ccccc1CCN. The quantitative estimate of drug-likeness (QED) is 0.866. The maximum absolute atomic E-state index is 5.92. The van der Waals surface area contributed by atoms with Crippen LogP contribution >= 0.6 is 0 Å². The Morgan fingerprint density at radius 1 is 1.32 bits per heavy atom. The summed E-state index contributed by atoms with van der Waals surface area (Å²) >= 11 is 0. The molecule has 0 saturated heterocycles. The molecule has 2 N–H and O–H groups in total. The first-order valence-electron chi connectivity index (χ1n) is 6.68. The van der Waals surface area contributed by atoms with Crippen LogP contribution in [-0.4, -0.2) is 16.3 Å². The first kappa shape index (κ1) is 13.6. The summed E-state index contributed by atoms with van der Waals surface area (Å²) < 4.78 is 7.89. The van der Waals surface area contributed by atoms with E-state index >= 15 is 0 Å². The van der Waals surface area contributed by atoms with Crippen molar-refractivity contribution in [3.63, 3.8) is 0 Å². The first-order chi connectivity index (χ1) is 9.24. The van der Waals surface area contributed by atoms with E-state index in [1.807, 2.05) is 29.8 Å². The van der Waals surface area contributed by atoms with Gasteiger partial charge in [-0.15, -0.1) is 0 Å². The fourth-order valence-electron chi connectivity index (χ4n) is 2.15. The van der Waals surface area contributed by atoms with Gasteiger partial charge in [-0.1, -0.05) is 18.2 Å². The van der Waals surface area contributed by atoms with Gasteiger partial charge in [-0.3, -0.25) is 4.68 Å². The van der Waals surface area contributed by atoms with Crippen molar-refractivity contribution in [2.75, 3.05) is 6.54 Å². The molecule has 0 atom stereocenters. The van der Waals surface area contributed by atoms with Crippen molar-refractivity contribution in [2.24, 2.45) is 5.73 Å². The number of aromatic nitrogens is 2. The molecule has 1 heterocycles. The largest absolute Gasteiger partial charge is 0.487 e. The summed E-state index contributed by atoms with van der Waals surface area (Å²) in [5.41, 5.74) is 8.90. The molecule has 0 saturated carbocycles. The van der Waals surface area contributed by atoms with Gasteiger partial charge in [-0.2, -0.15) is 5.10 Å². The van der Waals surface area contributed by atoms with Crippen LogP contribution in [-0.2, 0) is 19.6 Å². The van der Waals surface area contributed by atoms with Crippen LogP contribution in [0.4, 0.5) is 0 Å². The molecule has 4 heteroatoms. The Balaban J connectivity index is 2.09. The minimum atomic E-state index is 0.538. The maximum atomic E-state index is 5.92. The molecule has 0 aliphatic rings. The van der Waals surface area contributed by atoms with E-state index < -0.39 is 0 Å². The van der Waals surface area contributed by atoms with Crippen molar-refractivity contribution in [3.05, 3.63) is 47.3 Å². The van der Waals surface area contributed by atoms with Crippen molar-refractivity contribution < 1.29 is 4.74 Å². The topological polar surface area (TPSA) is 53.1 Å². The smallest absolute Gasteiger partial charge is 0.130 e. The van der Waals surface area contributed by atoms with Gasteiger partial charge in [0.05, 0.1) is 11.4 Å². The number of para-hydroxylation sites is 1. The second kappa shape index (κ2) is 6.38. The molecular weight excluding hydrogens is 238 g/mol. The molecule has 0 fully saturated rings. The molecule has 0 amide bonds. The minimum absolute atomic E-state index is 0.538. The molecule has 2 aromatic rings. The normalized spacial score (nSPS) is 10.7. The van der Waals surface area contributed by atoms with E-state index in [1.54, 1.807) is 0 Å². The molecule has 0 aliphatic heterocycles. The van der Waals surface area contributed by atoms with E-state index in [-0.39, 0.29) is 0 Å². The highest BCUT2D eigenvalue weighted by atomic mass is 16.5. The van der Waals surface area contributed by atoms with E-state index in [4.69, 9.17) is 10.5 Å². The second-order valence-electron chi connectivity index (χ2n) is 4.53. The molecule has 2 rings (SSSR count). The third-order valence-corrected chi connectivity index (χ3v) is 3.05. The zero-order valence-electron chi connectivity index (χ0n) is 11.6. The van der Waals surface area contributed by atoms with Crippen LogP contribution in [0.2, 0.25) is 0 Å². The fourth-order valence-corrected chi connectivity index (χ4v) is 2.15. The molecule has 0 unspecified atom stereocenters. The van der Waals surface area contributed by atoms with Gasteiger partial charge < -0.3 is 10.5 Å². The molecule has 1 aromatic carbocycles. The highest BCUT2D eigenvalue weighted by Gasteiger charge is 2.07. The molecule has 1 aromatic heterocycles. The number of aryl methyl sites for hydroxylation is 2. The summed E-state index contributed by atoms with van der Waals surface area (Å²) in [5, 5.41) is 4.42. The van der Waals surface area contributed by atoms with Crippen LogP contribution in [0.15, 0.2) is 30.3 Å². The lowest BCUT2D eigenvalue weighted by atomic mass is 10.1. The molecule has 0 spiro atoms. The lowest BCUT2D eigenvalue weighted by Crippen LogP contribution is -2.08. The van der Waals surface area contributed by atoms with Crippen molar-refractivity contribution in [1.29, 1.82) is 0 Å². The monoisotopic (exact) mass is 259 g/mol. The number of nitrogens with two attached hydrogens (primary N) is 1. The summed E-state index contributed by atoms with van der Waals surface area (Å²) in [6, 6.07) is 10.1. The lowest BCUT2D eigenvalue weighted by molar-refractivity contribution is 0.289. The number of hydrogen-bond donors (Lipinski definition) is 1. The standard InChI is InChI=1S/C15H21N3O/c1-3-18-14(10-12(2)17-18)11-19-15-7-5-4-6-13(15)8-9-16/h4-7,10H,3,8-9,11,16H2,1-2H3. The first-order valence-corrected chi connectivity index (χ1v) is 6.68. The average molecular weight is 259 g/mol. The van der Waals surface area contributed by atoms with Gasteiger partial charge in [-0.05, 0) is 44.5 Å². The maximum Gasteiger partial charge on any atom is 0.130 e. The Hall–Kier alpha value is -1.81. The Morgan fingerprint density at radius 2 is 2.11 bits per heavy atom. The van der Waals surface area contributed by atoms with Gasteiger partial charge in [0.15, 0.2) is 0 Å². The Bertz CT molecular complexity index is 534. The predicted octanol–water partition coefficient (Wildman–Crippen LogP) is 2.29. The summed E-state index contributed by atoms with van der Waals surface area (Å²) in [4.78, 5) is 0. The molecular formula is C15H21N3O.